The lowest BCUT2D eigenvalue weighted by molar-refractivity contribution is -0.147. The molecule has 2 N–H and O–H groups in total. The second kappa shape index (κ2) is 5.98. The number of hydrogen-bond donors (Lipinski definition) is 2. The minimum absolute atomic E-state index is 0.0442. The van der Waals surface area contributed by atoms with Crippen LogP contribution >= 0.6 is 0 Å². The second-order valence-corrected chi connectivity index (χ2v) is 4.08. The number of rotatable bonds is 6. The number of hydrogen-bond acceptors (Lipinski definition) is 4. The summed E-state index contributed by atoms with van der Waals surface area (Å²) in [5.74, 6) is -0.380. The fourth-order valence-corrected chi connectivity index (χ4v) is 0.853. The Morgan fingerprint density at radius 1 is 1.57 bits per heavy atom. The van der Waals surface area contributed by atoms with Crippen LogP contribution in [0.25, 0.3) is 0 Å². The van der Waals surface area contributed by atoms with Crippen LogP contribution in [0.15, 0.2) is 0 Å². The van der Waals surface area contributed by atoms with Crippen molar-refractivity contribution in [3.8, 4) is 0 Å². The van der Waals surface area contributed by atoms with Crippen molar-refractivity contribution in [3.63, 3.8) is 0 Å². The van der Waals surface area contributed by atoms with E-state index >= 15 is 0 Å². The third-order valence-corrected chi connectivity index (χ3v) is 1.97. The van der Waals surface area contributed by atoms with Crippen molar-refractivity contribution in [2.75, 3.05) is 19.8 Å². The van der Waals surface area contributed by atoms with Gasteiger partial charge in [-0.25, -0.2) is 0 Å². The first-order valence-electron chi connectivity index (χ1n) is 4.95. The first-order chi connectivity index (χ1) is 6.43. The summed E-state index contributed by atoms with van der Waals surface area (Å²) in [5.41, 5.74) is -0.346. The van der Waals surface area contributed by atoms with Gasteiger partial charge in [-0.2, -0.15) is 0 Å². The van der Waals surface area contributed by atoms with E-state index in [2.05, 4.69) is 5.32 Å². The van der Waals surface area contributed by atoms with Crippen LogP contribution in [-0.4, -0.2) is 36.4 Å². The van der Waals surface area contributed by atoms with E-state index in [1.54, 1.807) is 13.8 Å². The highest BCUT2D eigenvalue weighted by atomic mass is 16.5. The SMILES string of the molecule is CCOC(=O)C(C)CNC(C)(C)CO. The van der Waals surface area contributed by atoms with Crippen molar-refractivity contribution >= 4 is 5.97 Å². The molecule has 4 heteroatoms. The molecule has 14 heavy (non-hydrogen) atoms. The third kappa shape index (κ3) is 5.19. The molecule has 0 aromatic carbocycles. The molecular weight excluding hydrogens is 182 g/mol. The Balaban J connectivity index is 3.84. The molecule has 0 fully saturated rings. The van der Waals surface area contributed by atoms with E-state index in [0.717, 1.165) is 0 Å². The number of nitrogens with one attached hydrogen (secondary N) is 1. The molecule has 0 spiro atoms. The van der Waals surface area contributed by atoms with Crippen molar-refractivity contribution in [3.05, 3.63) is 0 Å². The summed E-state index contributed by atoms with van der Waals surface area (Å²) < 4.78 is 4.86. The molecule has 0 aliphatic carbocycles. The lowest BCUT2D eigenvalue weighted by atomic mass is 10.1. The topological polar surface area (TPSA) is 58.6 Å². The van der Waals surface area contributed by atoms with Gasteiger partial charge >= 0.3 is 5.97 Å². The monoisotopic (exact) mass is 203 g/mol. The summed E-state index contributed by atoms with van der Waals surface area (Å²) in [5, 5.41) is 12.1. The molecule has 0 aliphatic heterocycles. The van der Waals surface area contributed by atoms with E-state index in [9.17, 15) is 4.79 Å². The fraction of sp³-hybridized carbons (Fsp3) is 0.900. The molecular formula is C10H21NO3. The molecule has 0 aromatic rings. The van der Waals surface area contributed by atoms with Gasteiger partial charge in [0, 0.05) is 12.1 Å². The van der Waals surface area contributed by atoms with Gasteiger partial charge in [0.15, 0.2) is 0 Å². The molecule has 0 aliphatic rings. The zero-order valence-electron chi connectivity index (χ0n) is 9.46. The lowest BCUT2D eigenvalue weighted by Gasteiger charge is -2.25. The Morgan fingerprint density at radius 2 is 2.14 bits per heavy atom. The highest BCUT2D eigenvalue weighted by Gasteiger charge is 2.20. The Morgan fingerprint density at radius 3 is 2.57 bits per heavy atom. The standard InChI is InChI=1S/C10H21NO3/c1-5-14-9(13)8(2)6-11-10(3,4)7-12/h8,11-12H,5-7H2,1-4H3. The van der Waals surface area contributed by atoms with Gasteiger partial charge in [-0.3, -0.25) is 4.79 Å². The van der Waals surface area contributed by atoms with Gasteiger partial charge in [0.25, 0.3) is 0 Å². The van der Waals surface area contributed by atoms with Crippen molar-refractivity contribution < 1.29 is 14.6 Å². The maximum Gasteiger partial charge on any atom is 0.309 e. The van der Waals surface area contributed by atoms with Crippen molar-refractivity contribution in [1.29, 1.82) is 0 Å². The number of aliphatic hydroxyl groups is 1. The molecule has 0 saturated carbocycles. The number of ether oxygens (including phenoxy) is 1. The number of aliphatic hydroxyl groups excluding tert-OH is 1. The maximum absolute atomic E-state index is 11.2. The van der Waals surface area contributed by atoms with Crippen LogP contribution in [-0.2, 0) is 9.53 Å². The molecule has 0 rings (SSSR count). The Kier molecular flexibility index (Phi) is 5.72. The molecule has 1 atom stereocenters. The minimum Gasteiger partial charge on any atom is -0.466 e. The molecule has 0 radical (unpaired) electrons. The predicted octanol–water partition coefficient (Wildman–Crippen LogP) is 0.546. The zero-order chi connectivity index (χ0) is 11.2. The van der Waals surface area contributed by atoms with Crippen molar-refractivity contribution in [1.82, 2.24) is 5.32 Å². The summed E-state index contributed by atoms with van der Waals surface area (Å²) in [6.45, 7) is 8.32. The molecule has 0 bridgehead atoms. The van der Waals surface area contributed by atoms with Gasteiger partial charge in [0.05, 0.1) is 19.1 Å². The van der Waals surface area contributed by atoms with Crippen molar-refractivity contribution in [2.24, 2.45) is 5.92 Å². The Hall–Kier alpha value is -0.610. The third-order valence-electron chi connectivity index (χ3n) is 1.97. The van der Waals surface area contributed by atoms with Crippen LogP contribution in [0.5, 0.6) is 0 Å². The summed E-state index contributed by atoms with van der Waals surface area (Å²) in [4.78, 5) is 11.2. The van der Waals surface area contributed by atoms with E-state index in [4.69, 9.17) is 9.84 Å². The van der Waals surface area contributed by atoms with Gasteiger partial charge in [-0.15, -0.1) is 0 Å². The summed E-state index contributed by atoms with van der Waals surface area (Å²) in [6, 6.07) is 0. The minimum atomic E-state index is -0.346. The maximum atomic E-state index is 11.2. The van der Waals surface area contributed by atoms with E-state index in [0.29, 0.717) is 13.2 Å². The smallest absolute Gasteiger partial charge is 0.309 e. The van der Waals surface area contributed by atoms with Gasteiger partial charge < -0.3 is 15.2 Å². The zero-order valence-corrected chi connectivity index (χ0v) is 9.46. The van der Waals surface area contributed by atoms with Gasteiger partial charge in [-0.1, -0.05) is 6.92 Å². The highest BCUT2D eigenvalue weighted by Crippen LogP contribution is 2.03. The van der Waals surface area contributed by atoms with Crippen LogP contribution < -0.4 is 5.32 Å². The second-order valence-electron chi connectivity index (χ2n) is 4.08. The van der Waals surface area contributed by atoms with Gasteiger partial charge in [0.1, 0.15) is 0 Å². The van der Waals surface area contributed by atoms with Crippen molar-refractivity contribution in [2.45, 2.75) is 33.2 Å². The summed E-state index contributed by atoms with van der Waals surface area (Å²) >= 11 is 0. The Bertz CT molecular complexity index is 180. The van der Waals surface area contributed by atoms with Crippen LogP contribution in [0.2, 0.25) is 0 Å². The quantitative estimate of drug-likeness (QED) is 0.619. The molecule has 4 nitrogen and oxygen atoms in total. The van der Waals surface area contributed by atoms with Gasteiger partial charge in [-0.05, 0) is 20.8 Å². The first-order valence-corrected chi connectivity index (χ1v) is 4.95. The number of carbonyl (C=O) groups excluding carboxylic acids is 1. The molecule has 0 amide bonds. The predicted molar refractivity (Wildman–Crippen MR) is 55.0 cm³/mol. The van der Waals surface area contributed by atoms with Crippen LogP contribution in [0, 0.1) is 5.92 Å². The van der Waals surface area contributed by atoms with E-state index in [1.165, 1.54) is 0 Å². The fourth-order valence-electron chi connectivity index (χ4n) is 0.853. The summed E-state index contributed by atoms with van der Waals surface area (Å²) in [6.07, 6.45) is 0. The molecule has 0 aromatic heterocycles. The molecule has 84 valence electrons. The van der Waals surface area contributed by atoms with E-state index in [1.807, 2.05) is 13.8 Å². The van der Waals surface area contributed by atoms with Crippen LogP contribution in [0.1, 0.15) is 27.7 Å². The average Bonchev–Trinajstić information content (AvgIpc) is 2.15. The average molecular weight is 203 g/mol. The van der Waals surface area contributed by atoms with Gasteiger partial charge in [0.2, 0.25) is 0 Å². The largest absolute Gasteiger partial charge is 0.466 e. The lowest BCUT2D eigenvalue weighted by Crippen LogP contribution is -2.45. The highest BCUT2D eigenvalue weighted by molar-refractivity contribution is 5.72. The van der Waals surface area contributed by atoms with E-state index < -0.39 is 0 Å². The Labute approximate surface area is 85.6 Å². The first kappa shape index (κ1) is 13.4. The number of carbonyl (C=O) groups is 1. The molecule has 0 heterocycles. The molecule has 1 unspecified atom stereocenters. The normalized spacial score (nSPS) is 13.8. The van der Waals surface area contributed by atoms with Crippen LogP contribution in [0.3, 0.4) is 0 Å². The van der Waals surface area contributed by atoms with Crippen LogP contribution in [0.4, 0.5) is 0 Å². The number of esters is 1. The molecule has 0 saturated heterocycles. The van der Waals surface area contributed by atoms with E-state index in [-0.39, 0.29) is 24.0 Å². The summed E-state index contributed by atoms with van der Waals surface area (Å²) in [7, 11) is 0.